The fourth-order valence-corrected chi connectivity index (χ4v) is 2.64. The van der Waals surface area contributed by atoms with Crippen LogP contribution in [0.3, 0.4) is 0 Å². The van der Waals surface area contributed by atoms with Crippen LogP contribution in [0.1, 0.15) is 12.0 Å². The molecule has 7 heteroatoms. The molecule has 1 unspecified atom stereocenters. The van der Waals surface area contributed by atoms with Crippen molar-refractivity contribution in [2.45, 2.75) is 13.0 Å². The summed E-state index contributed by atoms with van der Waals surface area (Å²) in [6.45, 7) is 0.718. The number of benzene rings is 1. The zero-order valence-electron chi connectivity index (χ0n) is 10.2. The summed E-state index contributed by atoms with van der Waals surface area (Å²) >= 11 is 3.34. The maximum Gasteiger partial charge on any atom is 0.227 e. The number of nitrogens with zero attached hydrogens (tertiary/aromatic N) is 4. The van der Waals surface area contributed by atoms with E-state index < -0.39 is 0 Å². The van der Waals surface area contributed by atoms with Gasteiger partial charge in [0.05, 0.1) is 6.61 Å². The second-order valence-corrected chi connectivity index (χ2v) is 5.33. The van der Waals surface area contributed by atoms with Gasteiger partial charge in [-0.1, -0.05) is 21.0 Å². The molecule has 1 fully saturated rings. The van der Waals surface area contributed by atoms with Crippen molar-refractivity contribution in [3.8, 4) is 0 Å². The van der Waals surface area contributed by atoms with Crippen molar-refractivity contribution in [3.63, 3.8) is 0 Å². The van der Waals surface area contributed by atoms with Gasteiger partial charge >= 0.3 is 0 Å². The Bertz CT molecular complexity index is 543. The third-order valence-corrected chi connectivity index (χ3v) is 3.60. The molecule has 1 amide bonds. The molecule has 2 rings (SSSR count). The van der Waals surface area contributed by atoms with Crippen molar-refractivity contribution >= 4 is 27.5 Å². The van der Waals surface area contributed by atoms with Crippen LogP contribution in [0.15, 0.2) is 27.8 Å². The minimum Gasteiger partial charge on any atom is -0.392 e. The normalized spacial score (nSPS) is 18.5. The molecule has 6 nitrogen and oxygen atoms in total. The lowest BCUT2D eigenvalue weighted by Gasteiger charge is -2.19. The Hall–Kier alpha value is -1.56. The summed E-state index contributed by atoms with van der Waals surface area (Å²) in [4.78, 5) is 16.4. The second-order valence-electron chi connectivity index (χ2n) is 4.42. The number of carbonyl (C=O) groups is 1. The Morgan fingerprint density at radius 2 is 2.37 bits per heavy atom. The zero-order chi connectivity index (χ0) is 13.8. The molecule has 1 N–H and O–H groups in total. The number of aliphatic hydroxyl groups excluding tert-OH is 1. The molecule has 0 bridgehead atoms. The molecule has 1 aliphatic heterocycles. The van der Waals surface area contributed by atoms with Gasteiger partial charge in [-0.05, 0) is 29.6 Å². The molecule has 1 atom stereocenters. The lowest BCUT2D eigenvalue weighted by Crippen LogP contribution is -2.26. The quantitative estimate of drug-likeness (QED) is 0.524. The molecule has 0 saturated carbocycles. The third kappa shape index (κ3) is 3.07. The largest absolute Gasteiger partial charge is 0.392 e. The fourth-order valence-electron chi connectivity index (χ4n) is 2.23. The Labute approximate surface area is 118 Å². The van der Waals surface area contributed by atoms with Gasteiger partial charge in [-0.2, -0.15) is 0 Å². The number of halogens is 1. The van der Waals surface area contributed by atoms with Crippen LogP contribution < -0.4 is 4.90 Å². The maximum absolute atomic E-state index is 12.0. The van der Waals surface area contributed by atoms with Gasteiger partial charge in [0.2, 0.25) is 5.91 Å². The third-order valence-electron chi connectivity index (χ3n) is 3.11. The first-order valence-electron chi connectivity index (χ1n) is 5.86. The molecule has 1 aliphatic rings. The van der Waals surface area contributed by atoms with Gasteiger partial charge in [-0.15, -0.1) is 0 Å². The average molecular weight is 325 g/mol. The number of anilines is 1. The van der Waals surface area contributed by atoms with Crippen molar-refractivity contribution in [1.82, 2.24) is 0 Å². The van der Waals surface area contributed by atoms with E-state index in [0.29, 0.717) is 25.1 Å². The summed E-state index contributed by atoms with van der Waals surface area (Å²) in [5.74, 6) is 0.0359. The van der Waals surface area contributed by atoms with E-state index in [4.69, 9.17) is 5.53 Å². The number of hydrogen-bond acceptors (Lipinski definition) is 3. The summed E-state index contributed by atoms with van der Waals surface area (Å²) < 4.78 is 0.859. The summed E-state index contributed by atoms with van der Waals surface area (Å²) in [6.07, 6.45) is 0.375. The van der Waals surface area contributed by atoms with Gasteiger partial charge in [0.1, 0.15) is 0 Å². The Morgan fingerprint density at radius 3 is 3.05 bits per heavy atom. The van der Waals surface area contributed by atoms with Crippen molar-refractivity contribution in [3.05, 3.63) is 38.7 Å². The first-order valence-corrected chi connectivity index (χ1v) is 6.65. The monoisotopic (exact) mass is 324 g/mol. The van der Waals surface area contributed by atoms with Crippen molar-refractivity contribution in [2.75, 3.05) is 18.0 Å². The van der Waals surface area contributed by atoms with Crippen LogP contribution in [-0.2, 0) is 11.4 Å². The first-order chi connectivity index (χ1) is 9.15. The summed E-state index contributed by atoms with van der Waals surface area (Å²) in [5, 5.41) is 12.9. The highest BCUT2D eigenvalue weighted by atomic mass is 79.9. The molecule has 0 aromatic heterocycles. The lowest BCUT2D eigenvalue weighted by atomic mass is 10.1. The summed E-state index contributed by atoms with van der Waals surface area (Å²) in [5.41, 5.74) is 9.73. The Balaban J connectivity index is 2.22. The van der Waals surface area contributed by atoms with Crippen LogP contribution in [0.5, 0.6) is 0 Å². The van der Waals surface area contributed by atoms with Crippen LogP contribution in [0, 0.1) is 5.92 Å². The predicted molar refractivity (Wildman–Crippen MR) is 74.5 cm³/mol. The van der Waals surface area contributed by atoms with Crippen molar-refractivity contribution < 1.29 is 9.90 Å². The molecule has 1 aromatic rings. The number of aliphatic hydroxyl groups is 1. The highest BCUT2D eigenvalue weighted by Gasteiger charge is 2.31. The minimum atomic E-state index is -0.125. The van der Waals surface area contributed by atoms with Gasteiger partial charge in [0, 0.05) is 40.1 Å². The van der Waals surface area contributed by atoms with E-state index in [1.54, 1.807) is 11.0 Å². The van der Waals surface area contributed by atoms with Crippen LogP contribution in [-0.4, -0.2) is 24.1 Å². The minimum absolute atomic E-state index is 0.00448. The molecule has 1 heterocycles. The number of carbonyl (C=O) groups excluding carboxylic acids is 1. The molecule has 1 aromatic carbocycles. The van der Waals surface area contributed by atoms with Crippen LogP contribution >= 0.6 is 15.9 Å². The number of rotatable bonds is 4. The number of amides is 1. The van der Waals surface area contributed by atoms with Crippen LogP contribution in [0.25, 0.3) is 10.4 Å². The molecule has 19 heavy (non-hydrogen) atoms. The Kier molecular flexibility index (Phi) is 4.42. The molecule has 0 radical (unpaired) electrons. The average Bonchev–Trinajstić information content (AvgIpc) is 2.77. The SMILES string of the molecule is [N-]=[N+]=NCC1CC(=O)N(c2ccc(Br)cc2CO)C1. The molecule has 0 spiro atoms. The zero-order valence-corrected chi connectivity index (χ0v) is 11.7. The predicted octanol–water partition coefficient (Wildman–Crippen LogP) is 2.60. The summed E-state index contributed by atoms with van der Waals surface area (Å²) in [6, 6.07) is 5.44. The number of azide groups is 1. The van der Waals surface area contributed by atoms with Gasteiger partial charge in [-0.25, -0.2) is 0 Å². The molecular weight excluding hydrogens is 312 g/mol. The van der Waals surface area contributed by atoms with E-state index in [2.05, 4.69) is 26.0 Å². The molecule has 0 aliphatic carbocycles. The van der Waals surface area contributed by atoms with E-state index in [-0.39, 0.29) is 18.4 Å². The van der Waals surface area contributed by atoms with Gasteiger partial charge in [0.25, 0.3) is 0 Å². The lowest BCUT2D eigenvalue weighted by molar-refractivity contribution is -0.117. The highest BCUT2D eigenvalue weighted by Crippen LogP contribution is 2.30. The molecule has 1 saturated heterocycles. The van der Waals surface area contributed by atoms with Crippen molar-refractivity contribution in [1.29, 1.82) is 0 Å². The van der Waals surface area contributed by atoms with Gasteiger partial charge in [-0.3, -0.25) is 4.79 Å². The van der Waals surface area contributed by atoms with Gasteiger partial charge < -0.3 is 10.0 Å². The second kappa shape index (κ2) is 6.06. The maximum atomic E-state index is 12.0. The van der Waals surface area contributed by atoms with Gasteiger partial charge in [0.15, 0.2) is 0 Å². The first kappa shape index (κ1) is 13.9. The Morgan fingerprint density at radius 1 is 1.58 bits per heavy atom. The van der Waals surface area contributed by atoms with E-state index in [9.17, 15) is 9.90 Å². The van der Waals surface area contributed by atoms with E-state index >= 15 is 0 Å². The molecule has 100 valence electrons. The number of hydrogen-bond donors (Lipinski definition) is 1. The molecular formula is C12H13BrN4O2. The van der Waals surface area contributed by atoms with Crippen LogP contribution in [0.4, 0.5) is 5.69 Å². The van der Waals surface area contributed by atoms with E-state index in [1.807, 2.05) is 12.1 Å². The van der Waals surface area contributed by atoms with Crippen LogP contribution in [0.2, 0.25) is 0 Å². The topological polar surface area (TPSA) is 89.3 Å². The highest BCUT2D eigenvalue weighted by molar-refractivity contribution is 9.10. The van der Waals surface area contributed by atoms with Crippen molar-refractivity contribution in [2.24, 2.45) is 11.0 Å². The smallest absolute Gasteiger partial charge is 0.227 e. The summed E-state index contributed by atoms with van der Waals surface area (Å²) in [7, 11) is 0. The fraction of sp³-hybridized carbons (Fsp3) is 0.417. The van der Waals surface area contributed by atoms with E-state index in [1.165, 1.54) is 0 Å². The van der Waals surface area contributed by atoms with E-state index in [0.717, 1.165) is 10.2 Å². The standard InChI is InChI=1S/C12H13BrN4O2/c13-10-1-2-11(9(4-10)7-18)17-6-8(3-12(17)19)5-15-16-14/h1-2,4,8,18H,3,5-7H2.